The van der Waals surface area contributed by atoms with E-state index in [-0.39, 0.29) is 81.6 Å². The number of nitrogens with one attached hydrogen (secondary N) is 3. The number of amides is 4. The fraction of sp³-hybridized carbons (Fsp3) is 0.500. The van der Waals surface area contributed by atoms with Crippen molar-refractivity contribution in [3.05, 3.63) is 115 Å². The minimum atomic E-state index is -1.31. The van der Waals surface area contributed by atoms with E-state index < -0.39 is 58.6 Å². The van der Waals surface area contributed by atoms with E-state index in [4.69, 9.17) is 73.1 Å². The number of anilines is 2. The number of hydrogen-bond donors (Lipinski definition) is 6. The molecular formula is C62H72Cl4F2N8O9. The van der Waals surface area contributed by atoms with Crippen LogP contribution in [0.3, 0.4) is 0 Å². The van der Waals surface area contributed by atoms with Gasteiger partial charge in [0.15, 0.2) is 27.7 Å². The lowest BCUT2D eigenvalue weighted by Gasteiger charge is -2.50. The number of rotatable bonds is 10. The molecule has 7 heterocycles. The number of ketones is 3. The molecule has 3 saturated heterocycles. The minimum Gasteiger partial charge on any atom is -0.368 e. The van der Waals surface area contributed by atoms with Gasteiger partial charge in [-0.1, -0.05) is 86.2 Å². The molecule has 5 fully saturated rings. The number of nitrogens with zero attached hydrogens (tertiary/aromatic N) is 2. The first-order valence-corrected chi connectivity index (χ1v) is 30.1. The number of fused-ring (bicyclic) bond motifs is 4. The Morgan fingerprint density at radius 2 is 1.25 bits per heavy atom. The van der Waals surface area contributed by atoms with Crippen molar-refractivity contribution in [2.24, 2.45) is 39.9 Å². The van der Waals surface area contributed by atoms with Gasteiger partial charge in [0.1, 0.15) is 29.2 Å². The van der Waals surface area contributed by atoms with Gasteiger partial charge in [-0.05, 0) is 140 Å². The fourth-order valence-corrected chi connectivity index (χ4v) is 13.5. The molecule has 7 atom stereocenters. The predicted octanol–water partition coefficient (Wildman–Crippen LogP) is 10.4. The standard InChI is InChI=1S/C31H35Cl2FN4O4.C14H7Cl2FN2O.C9H16N2O3.C8H14O/c1-29(2)8-10-30(11-9-29)31(19-5-4-17(32)14-20(19)37-28(31)41)23(18-7-12-36-26(33)24(18)34)25(38-30)21(39)13-16-3-6-22(27(35)40)42-15-16;15-8-1-2-9-10(14(20)19-11(9)6-8)5-7-3-4-18-13(16)12(7)17;10-4-7(12)3-6-1-2-8(9(11)13)14-5-6;1-8(2)5-3-7(9)4-6-8/h4-5,7,12,14,16,22-23,25,38H,3,6,8-11,13,15H2,1-2H3,(H2,35,40)(H,37,41);1-6H,(H,19,20);6,8H,1-5,10H2,(H2,11,13);3-6H2,1-2H3/t16-,22-,23-,25-,31+;;6-,8-;/m0.0./s1. The fourth-order valence-electron chi connectivity index (χ4n) is 12.8. The SMILES string of the molecule is CC1(C)CCC(=O)CC1.CC1(C)CCC2(CC1)N[C@@H](C(=O)C[C@@H]1CC[C@@H](C(N)=O)OC1)[C@H](c1ccnc(Cl)c1F)[C@]21C(=O)Nc2cc(Cl)ccc21.NCC(=O)C[C@@H]1CC[C@@H](C(N)=O)OC1.O=C1Nc2cc(Cl)ccc2C1=Cc1ccnc(Cl)c1F. The zero-order valence-electron chi connectivity index (χ0n) is 47.9. The summed E-state index contributed by atoms with van der Waals surface area (Å²) in [5, 5.41) is 9.85. The minimum absolute atomic E-state index is 0.0381. The van der Waals surface area contributed by atoms with Crippen LogP contribution in [0.2, 0.25) is 20.4 Å². The van der Waals surface area contributed by atoms with E-state index in [1.807, 2.05) is 6.07 Å². The number of nitrogens with two attached hydrogens (primary N) is 3. The van der Waals surface area contributed by atoms with Gasteiger partial charge in [0.25, 0.3) is 5.91 Å². The van der Waals surface area contributed by atoms with Gasteiger partial charge in [0.2, 0.25) is 17.7 Å². The molecule has 0 bridgehead atoms. The molecule has 23 heteroatoms. The lowest BCUT2D eigenvalue weighted by molar-refractivity contribution is -0.136. The molecule has 456 valence electrons. The average molecular weight is 1250 g/mol. The number of aromatic nitrogens is 2. The molecule has 5 aliphatic heterocycles. The largest absolute Gasteiger partial charge is 0.368 e. The third-order valence-electron chi connectivity index (χ3n) is 17.7. The Balaban J connectivity index is 0.000000179. The van der Waals surface area contributed by atoms with Crippen LogP contribution in [0.25, 0.3) is 11.6 Å². The second-order valence-corrected chi connectivity index (χ2v) is 26.3. The first-order valence-electron chi connectivity index (χ1n) is 28.6. The van der Waals surface area contributed by atoms with Gasteiger partial charge in [0.05, 0.1) is 31.5 Å². The van der Waals surface area contributed by atoms with Crippen molar-refractivity contribution in [2.45, 2.75) is 153 Å². The molecule has 2 aromatic carbocycles. The highest BCUT2D eigenvalue weighted by molar-refractivity contribution is 6.37. The Morgan fingerprint density at radius 1 is 0.694 bits per heavy atom. The summed E-state index contributed by atoms with van der Waals surface area (Å²) in [5.74, 6) is -3.43. The molecule has 2 saturated carbocycles. The maximum absolute atomic E-state index is 16.0. The van der Waals surface area contributed by atoms with Crippen LogP contribution in [0.15, 0.2) is 60.9 Å². The number of hydrogen-bond acceptors (Lipinski definition) is 13. The van der Waals surface area contributed by atoms with Crippen molar-refractivity contribution in [3.8, 4) is 0 Å². The summed E-state index contributed by atoms with van der Waals surface area (Å²) < 4.78 is 40.7. The van der Waals surface area contributed by atoms with Crippen LogP contribution in [-0.2, 0) is 48.5 Å². The second kappa shape index (κ2) is 27.1. The summed E-state index contributed by atoms with van der Waals surface area (Å²) in [6.07, 6.45) is 12.8. The summed E-state index contributed by atoms with van der Waals surface area (Å²) in [4.78, 5) is 92.5. The Kier molecular flexibility index (Phi) is 20.8. The molecule has 11 rings (SSSR count). The number of primary amides is 2. The van der Waals surface area contributed by atoms with E-state index in [1.54, 1.807) is 30.3 Å². The molecule has 0 radical (unpaired) electrons. The van der Waals surface area contributed by atoms with Crippen LogP contribution < -0.4 is 33.2 Å². The van der Waals surface area contributed by atoms with Crippen LogP contribution in [-0.4, -0.2) is 94.5 Å². The first kappa shape index (κ1) is 65.2. The van der Waals surface area contributed by atoms with Crippen LogP contribution in [0, 0.1) is 34.3 Å². The lowest BCUT2D eigenvalue weighted by Crippen LogP contribution is -2.61. The zero-order valence-corrected chi connectivity index (χ0v) is 50.9. The summed E-state index contributed by atoms with van der Waals surface area (Å²) in [6.45, 7) is 9.61. The van der Waals surface area contributed by atoms with Gasteiger partial charge in [-0.25, -0.2) is 18.7 Å². The van der Waals surface area contributed by atoms with E-state index in [0.29, 0.717) is 94.5 Å². The number of Topliss-reactive ketones (excluding diaryl/α,β-unsaturated/α-hetero) is 3. The van der Waals surface area contributed by atoms with Crippen molar-refractivity contribution >= 4 is 110 Å². The lowest BCUT2D eigenvalue weighted by atomic mass is 9.53. The van der Waals surface area contributed by atoms with Gasteiger partial charge in [-0.15, -0.1) is 0 Å². The Labute approximate surface area is 512 Å². The maximum Gasteiger partial charge on any atom is 0.256 e. The van der Waals surface area contributed by atoms with Crippen molar-refractivity contribution in [1.82, 2.24) is 15.3 Å². The summed E-state index contributed by atoms with van der Waals surface area (Å²) in [5.41, 5.74) is 17.3. The summed E-state index contributed by atoms with van der Waals surface area (Å²) >= 11 is 24.1. The van der Waals surface area contributed by atoms with Gasteiger partial charge in [-0.3, -0.25) is 38.9 Å². The normalized spacial score (nSPS) is 26.3. The molecule has 2 aromatic heterocycles. The number of carbonyl (C=O) groups excluding carboxylic acids is 7. The van der Waals surface area contributed by atoms with Gasteiger partial charge in [-0.2, -0.15) is 0 Å². The number of carbonyl (C=O) groups is 7. The predicted molar refractivity (Wildman–Crippen MR) is 322 cm³/mol. The number of halogens is 6. The van der Waals surface area contributed by atoms with Crippen molar-refractivity contribution in [2.75, 3.05) is 30.4 Å². The zero-order chi connectivity index (χ0) is 61.8. The molecule has 4 amide bonds. The number of benzene rings is 2. The monoisotopic (exact) mass is 1250 g/mol. The highest BCUT2D eigenvalue weighted by Crippen LogP contribution is 2.64. The van der Waals surface area contributed by atoms with Crippen molar-refractivity contribution in [1.29, 1.82) is 0 Å². The summed E-state index contributed by atoms with van der Waals surface area (Å²) in [6, 6.07) is 12.4. The molecule has 0 unspecified atom stereocenters. The van der Waals surface area contributed by atoms with E-state index in [2.05, 4.69) is 53.6 Å². The van der Waals surface area contributed by atoms with E-state index in [9.17, 15) is 38.0 Å². The Hall–Kier alpha value is -5.77. The third kappa shape index (κ3) is 14.6. The third-order valence-corrected chi connectivity index (χ3v) is 18.7. The van der Waals surface area contributed by atoms with Gasteiger partial charge >= 0.3 is 0 Å². The van der Waals surface area contributed by atoms with E-state index in [1.165, 1.54) is 30.6 Å². The van der Waals surface area contributed by atoms with Crippen molar-refractivity contribution < 1.29 is 51.8 Å². The van der Waals surface area contributed by atoms with Crippen LogP contribution in [0.5, 0.6) is 0 Å². The average Bonchev–Trinajstić information content (AvgIpc) is 1.59. The van der Waals surface area contributed by atoms with Crippen LogP contribution >= 0.6 is 46.4 Å². The molecular weight excluding hydrogens is 1180 g/mol. The first-order chi connectivity index (χ1) is 40.2. The Bertz CT molecular complexity index is 3250. The Morgan fingerprint density at radius 3 is 1.81 bits per heavy atom. The smallest absolute Gasteiger partial charge is 0.256 e. The topological polar surface area (TPSA) is 278 Å². The quantitative estimate of drug-likeness (QED) is 0.0637. The number of ether oxygens (including phenoxy) is 2. The molecule has 9 N–H and O–H groups in total. The van der Waals surface area contributed by atoms with E-state index in [0.717, 1.165) is 44.9 Å². The molecule has 4 aromatic rings. The molecule has 17 nitrogen and oxygen atoms in total. The molecule has 2 spiro atoms. The second-order valence-electron chi connectivity index (χ2n) is 24.7. The summed E-state index contributed by atoms with van der Waals surface area (Å²) in [7, 11) is 0. The van der Waals surface area contributed by atoms with Gasteiger partial charge in [0, 0.05) is 82.0 Å². The molecule has 85 heavy (non-hydrogen) atoms. The van der Waals surface area contributed by atoms with Gasteiger partial charge < -0.3 is 37.3 Å². The molecule has 7 aliphatic rings. The van der Waals surface area contributed by atoms with E-state index >= 15 is 4.39 Å². The van der Waals surface area contributed by atoms with Crippen LogP contribution in [0.1, 0.15) is 146 Å². The number of pyridine rings is 2. The van der Waals surface area contributed by atoms with Crippen LogP contribution in [0.4, 0.5) is 20.2 Å². The molecule has 2 aliphatic carbocycles. The van der Waals surface area contributed by atoms with Crippen molar-refractivity contribution in [3.63, 3.8) is 0 Å². The highest BCUT2D eigenvalue weighted by Gasteiger charge is 2.73. The highest BCUT2D eigenvalue weighted by atomic mass is 35.5. The maximum atomic E-state index is 16.0.